The molecule has 0 saturated heterocycles. The average Bonchev–Trinajstić information content (AvgIpc) is 2.77. The molecule has 2 aromatic heterocycles. The van der Waals surface area contributed by atoms with Crippen molar-refractivity contribution in [2.45, 2.75) is 13.7 Å². The van der Waals surface area contributed by atoms with Gasteiger partial charge < -0.3 is 5.11 Å². The molecule has 1 N–H and O–H groups in total. The number of nitrogens with zero attached hydrogens (tertiary/aromatic N) is 3. The van der Waals surface area contributed by atoms with E-state index in [4.69, 9.17) is 5.11 Å². The third-order valence-corrected chi connectivity index (χ3v) is 4.72. The minimum atomic E-state index is -0.991. The molecule has 0 aliphatic rings. The standard InChI is InChI=1S/C9H7N3O2S3/c1-15-8-11-12-9(17-8)16-6-5(7(13)14)3-2-4-10-6/h2-4H,1H3,(H,13,14). The third kappa shape index (κ3) is 2.96. The van der Waals surface area contributed by atoms with E-state index in [-0.39, 0.29) is 5.56 Å². The van der Waals surface area contributed by atoms with E-state index < -0.39 is 5.97 Å². The largest absolute Gasteiger partial charge is 0.478 e. The predicted molar refractivity (Wildman–Crippen MR) is 67.0 cm³/mol. The lowest BCUT2D eigenvalue weighted by Gasteiger charge is -2.00. The van der Waals surface area contributed by atoms with Crippen molar-refractivity contribution in [3.63, 3.8) is 0 Å². The van der Waals surface area contributed by atoms with Crippen LogP contribution in [0.25, 0.3) is 0 Å². The Kier molecular flexibility index (Phi) is 3.97. The molecular formula is C9H7N3O2S3. The van der Waals surface area contributed by atoms with Gasteiger partial charge in [0.2, 0.25) is 0 Å². The Morgan fingerprint density at radius 2 is 2.18 bits per heavy atom. The summed E-state index contributed by atoms with van der Waals surface area (Å²) in [5.41, 5.74) is 0.179. The van der Waals surface area contributed by atoms with Crippen LogP contribution in [0, 0.1) is 0 Å². The number of rotatable bonds is 4. The molecular weight excluding hydrogens is 278 g/mol. The Hall–Kier alpha value is -1.12. The summed E-state index contributed by atoms with van der Waals surface area (Å²) >= 11 is 4.14. The van der Waals surface area contributed by atoms with Gasteiger partial charge in [-0.2, -0.15) is 0 Å². The Labute approximate surface area is 110 Å². The van der Waals surface area contributed by atoms with E-state index in [1.807, 2.05) is 6.26 Å². The van der Waals surface area contributed by atoms with Crippen molar-refractivity contribution in [2.24, 2.45) is 0 Å². The molecule has 0 aliphatic heterocycles. The maximum atomic E-state index is 11.0. The van der Waals surface area contributed by atoms with Crippen molar-refractivity contribution < 1.29 is 9.90 Å². The van der Waals surface area contributed by atoms with E-state index in [2.05, 4.69) is 15.2 Å². The van der Waals surface area contributed by atoms with Gasteiger partial charge in [-0.25, -0.2) is 9.78 Å². The van der Waals surface area contributed by atoms with Gasteiger partial charge in [0.25, 0.3) is 0 Å². The van der Waals surface area contributed by atoms with E-state index >= 15 is 0 Å². The molecule has 0 fully saturated rings. The Balaban J connectivity index is 2.26. The monoisotopic (exact) mass is 285 g/mol. The average molecular weight is 285 g/mol. The quantitative estimate of drug-likeness (QED) is 0.865. The topological polar surface area (TPSA) is 76.0 Å². The number of aromatic carboxylic acids is 1. The number of pyridine rings is 1. The number of aromatic nitrogens is 3. The summed E-state index contributed by atoms with van der Waals surface area (Å²) in [5, 5.41) is 17.3. The molecule has 0 unspecified atom stereocenters. The number of hydrogen-bond acceptors (Lipinski definition) is 7. The number of hydrogen-bond donors (Lipinski definition) is 1. The van der Waals surface area contributed by atoms with Gasteiger partial charge in [0.15, 0.2) is 8.68 Å². The minimum Gasteiger partial charge on any atom is -0.478 e. The second kappa shape index (κ2) is 5.48. The van der Waals surface area contributed by atoms with E-state index in [9.17, 15) is 4.79 Å². The lowest BCUT2D eigenvalue weighted by Crippen LogP contribution is -1.99. The summed E-state index contributed by atoms with van der Waals surface area (Å²) in [7, 11) is 0. The zero-order chi connectivity index (χ0) is 12.3. The molecule has 2 heterocycles. The maximum absolute atomic E-state index is 11.0. The summed E-state index contributed by atoms with van der Waals surface area (Å²) in [6.45, 7) is 0. The van der Waals surface area contributed by atoms with E-state index in [0.717, 1.165) is 4.34 Å². The van der Waals surface area contributed by atoms with Crippen LogP contribution in [-0.2, 0) is 0 Å². The molecule has 0 aliphatic carbocycles. The highest BCUT2D eigenvalue weighted by Gasteiger charge is 2.14. The number of carbonyl (C=O) groups is 1. The summed E-state index contributed by atoms with van der Waals surface area (Å²) in [4.78, 5) is 15.0. The third-order valence-electron chi connectivity index (χ3n) is 1.75. The summed E-state index contributed by atoms with van der Waals surface area (Å²) < 4.78 is 1.54. The van der Waals surface area contributed by atoms with Crippen molar-refractivity contribution in [1.82, 2.24) is 15.2 Å². The fraction of sp³-hybridized carbons (Fsp3) is 0.111. The van der Waals surface area contributed by atoms with Gasteiger partial charge >= 0.3 is 5.97 Å². The van der Waals surface area contributed by atoms with Gasteiger partial charge in [0.1, 0.15) is 5.03 Å². The van der Waals surface area contributed by atoms with Gasteiger partial charge in [-0.1, -0.05) is 23.1 Å². The van der Waals surface area contributed by atoms with Crippen LogP contribution < -0.4 is 0 Å². The molecule has 5 nitrogen and oxygen atoms in total. The van der Waals surface area contributed by atoms with Gasteiger partial charge in [-0.15, -0.1) is 10.2 Å². The second-order valence-electron chi connectivity index (χ2n) is 2.80. The fourth-order valence-corrected chi connectivity index (χ4v) is 3.47. The van der Waals surface area contributed by atoms with Crippen LogP contribution in [-0.4, -0.2) is 32.5 Å². The highest BCUT2D eigenvalue weighted by atomic mass is 32.2. The molecule has 2 rings (SSSR count). The van der Waals surface area contributed by atoms with Gasteiger partial charge in [-0.3, -0.25) is 0 Å². The summed E-state index contributed by atoms with van der Waals surface area (Å²) in [5.74, 6) is -0.991. The zero-order valence-electron chi connectivity index (χ0n) is 8.65. The molecule has 0 saturated carbocycles. The van der Waals surface area contributed by atoms with Gasteiger partial charge in [-0.05, 0) is 30.2 Å². The molecule has 0 spiro atoms. The molecule has 0 amide bonds. The lowest BCUT2D eigenvalue weighted by atomic mass is 10.3. The van der Waals surface area contributed by atoms with Crippen molar-refractivity contribution in [2.75, 3.05) is 6.26 Å². The first-order chi connectivity index (χ1) is 8.20. The van der Waals surface area contributed by atoms with E-state index in [1.54, 1.807) is 12.3 Å². The normalized spacial score (nSPS) is 10.4. The molecule has 0 atom stereocenters. The van der Waals surface area contributed by atoms with Gasteiger partial charge in [0, 0.05) is 6.20 Å². The molecule has 8 heteroatoms. The highest BCUT2D eigenvalue weighted by molar-refractivity contribution is 8.03. The van der Waals surface area contributed by atoms with Crippen LogP contribution in [0.5, 0.6) is 0 Å². The smallest absolute Gasteiger partial charge is 0.338 e. The molecule has 2 aromatic rings. The second-order valence-corrected chi connectivity index (χ2v) is 6.07. The number of carboxylic acids is 1. The van der Waals surface area contributed by atoms with Crippen LogP contribution in [0.15, 0.2) is 32.0 Å². The molecule has 0 aromatic carbocycles. The lowest BCUT2D eigenvalue weighted by molar-refractivity contribution is 0.0692. The van der Waals surface area contributed by atoms with Crippen LogP contribution in [0.3, 0.4) is 0 Å². The Morgan fingerprint density at radius 1 is 1.41 bits per heavy atom. The number of carboxylic acid groups (broad SMARTS) is 1. The van der Waals surface area contributed by atoms with Crippen LogP contribution in [0.4, 0.5) is 0 Å². The first-order valence-corrected chi connectivity index (χ1v) is 7.30. The first kappa shape index (κ1) is 12.3. The van der Waals surface area contributed by atoms with Crippen molar-refractivity contribution in [3.05, 3.63) is 23.9 Å². The van der Waals surface area contributed by atoms with E-state index in [1.165, 1.54) is 40.9 Å². The van der Waals surface area contributed by atoms with Crippen molar-refractivity contribution in [1.29, 1.82) is 0 Å². The molecule has 88 valence electrons. The SMILES string of the molecule is CSc1nnc(Sc2ncccc2C(=O)O)s1. The van der Waals surface area contributed by atoms with Crippen LogP contribution in [0.2, 0.25) is 0 Å². The van der Waals surface area contributed by atoms with Gasteiger partial charge in [0.05, 0.1) is 5.56 Å². The first-order valence-electron chi connectivity index (χ1n) is 4.44. The van der Waals surface area contributed by atoms with E-state index in [0.29, 0.717) is 9.37 Å². The fourth-order valence-electron chi connectivity index (χ4n) is 1.04. The summed E-state index contributed by atoms with van der Waals surface area (Å²) in [6.07, 6.45) is 3.48. The molecule has 17 heavy (non-hydrogen) atoms. The van der Waals surface area contributed by atoms with Crippen LogP contribution >= 0.6 is 34.9 Å². The maximum Gasteiger partial charge on any atom is 0.338 e. The molecule has 0 bridgehead atoms. The van der Waals surface area contributed by atoms with Crippen molar-refractivity contribution in [3.8, 4) is 0 Å². The Bertz CT molecular complexity index is 544. The van der Waals surface area contributed by atoms with Crippen LogP contribution in [0.1, 0.15) is 10.4 Å². The zero-order valence-corrected chi connectivity index (χ0v) is 11.1. The Morgan fingerprint density at radius 3 is 2.82 bits per heavy atom. The van der Waals surface area contributed by atoms with Crippen molar-refractivity contribution >= 4 is 40.8 Å². The molecule has 0 radical (unpaired) electrons. The predicted octanol–water partition coefficient (Wildman–Crippen LogP) is 2.50. The highest BCUT2D eigenvalue weighted by Crippen LogP contribution is 2.33. The number of thioether (sulfide) groups is 1. The minimum absolute atomic E-state index is 0.179. The summed E-state index contributed by atoms with van der Waals surface area (Å²) in [6, 6.07) is 3.12.